The predicted octanol–water partition coefficient (Wildman–Crippen LogP) is 2.20. The average molecular weight is 451 g/mol. The third kappa shape index (κ3) is 3.86. The maximum absolute atomic E-state index is 6.05. The van der Waals surface area contributed by atoms with Crippen molar-refractivity contribution in [3.63, 3.8) is 0 Å². The third-order valence-electron chi connectivity index (χ3n) is 5.83. The molecule has 1 aliphatic heterocycles. The number of nitrogens with one attached hydrogen (secondary N) is 1. The summed E-state index contributed by atoms with van der Waals surface area (Å²) >= 11 is 0. The number of hydrogen-bond donors (Lipinski definition) is 1. The van der Waals surface area contributed by atoms with Crippen LogP contribution >= 0.6 is 0 Å². The minimum Gasteiger partial charge on any atom is -0.473 e. The Labute approximate surface area is 190 Å². The second-order valence-corrected chi connectivity index (χ2v) is 11.8. The Kier molecular flexibility index (Phi) is 4.86. The highest BCUT2D eigenvalue weighted by molar-refractivity contribution is 6.65. The molecule has 0 aliphatic carbocycles. The van der Waals surface area contributed by atoms with Crippen LogP contribution in [0.5, 0.6) is 5.75 Å². The molecule has 156 valence electrons. The van der Waals surface area contributed by atoms with E-state index in [0.29, 0.717) is 0 Å². The van der Waals surface area contributed by atoms with E-state index in [1.165, 1.54) is 21.5 Å². The van der Waals surface area contributed by atoms with Crippen molar-refractivity contribution in [2.45, 2.75) is 5.85 Å². The first-order valence-electron chi connectivity index (χ1n) is 10.9. The molecule has 2 heterocycles. The number of hydrogen-bond acceptors (Lipinski definition) is 4. The summed E-state index contributed by atoms with van der Waals surface area (Å²) in [6, 6.07) is 33.9. The Morgan fingerprint density at radius 1 is 0.719 bits per heavy atom. The fraction of sp³-hybridized carbons (Fsp3) is 0.0385. The van der Waals surface area contributed by atoms with Gasteiger partial charge in [-0.2, -0.15) is 0 Å². The van der Waals surface area contributed by atoms with Gasteiger partial charge >= 0.3 is 0 Å². The zero-order valence-electron chi connectivity index (χ0n) is 17.5. The molecule has 0 saturated heterocycles. The van der Waals surface area contributed by atoms with E-state index in [-0.39, 0.29) is 5.85 Å². The molecule has 4 aromatic carbocycles. The molecule has 0 spiro atoms. The SMILES string of the molecule is c1ccc2c(c1)NC([SiH2]c1ccc(-c3ccc([SiH2]c4nc5ccccc5o4)cc3)cc1)O2. The molecule has 32 heavy (non-hydrogen) atoms. The zero-order chi connectivity index (χ0) is 21.3. The molecule has 6 rings (SSSR count). The van der Waals surface area contributed by atoms with Crippen LogP contribution in [0.4, 0.5) is 5.69 Å². The Morgan fingerprint density at radius 3 is 2.16 bits per heavy atom. The van der Waals surface area contributed by atoms with Crippen LogP contribution in [-0.2, 0) is 0 Å². The van der Waals surface area contributed by atoms with Gasteiger partial charge in [0.2, 0.25) is 0 Å². The maximum atomic E-state index is 6.05. The first-order valence-corrected chi connectivity index (χ1v) is 13.8. The van der Waals surface area contributed by atoms with Gasteiger partial charge in [-0.1, -0.05) is 83.2 Å². The van der Waals surface area contributed by atoms with Crippen LogP contribution in [0.2, 0.25) is 0 Å². The van der Waals surface area contributed by atoms with E-state index in [2.05, 4.69) is 64.9 Å². The number of aromatic nitrogens is 1. The second-order valence-electron chi connectivity index (χ2n) is 8.10. The minimum atomic E-state index is -0.723. The number of rotatable bonds is 5. The molecule has 1 atom stereocenters. The number of para-hydroxylation sites is 4. The summed E-state index contributed by atoms with van der Waals surface area (Å²) in [5, 5.41) is 6.21. The summed E-state index contributed by atoms with van der Waals surface area (Å²) in [7, 11) is -1.31. The summed E-state index contributed by atoms with van der Waals surface area (Å²) in [5.41, 5.74) is 6.27. The average Bonchev–Trinajstić information content (AvgIpc) is 3.43. The van der Waals surface area contributed by atoms with Gasteiger partial charge in [0.1, 0.15) is 20.8 Å². The Morgan fingerprint density at radius 2 is 1.41 bits per heavy atom. The van der Waals surface area contributed by atoms with Gasteiger partial charge in [0.15, 0.2) is 26.5 Å². The molecule has 0 amide bonds. The number of ether oxygens (including phenoxy) is 1. The van der Waals surface area contributed by atoms with Crippen molar-refractivity contribution in [3.8, 4) is 16.9 Å². The number of anilines is 1. The van der Waals surface area contributed by atoms with Crippen LogP contribution < -0.4 is 25.9 Å². The highest BCUT2D eigenvalue weighted by Crippen LogP contribution is 2.30. The van der Waals surface area contributed by atoms with Crippen LogP contribution in [0, 0.1) is 0 Å². The quantitative estimate of drug-likeness (QED) is 0.417. The van der Waals surface area contributed by atoms with E-state index < -0.39 is 19.0 Å². The molecule has 5 aromatic rings. The first-order chi connectivity index (χ1) is 15.8. The van der Waals surface area contributed by atoms with Crippen molar-refractivity contribution in [3.05, 3.63) is 97.1 Å². The molecule has 0 saturated carbocycles. The first kappa shape index (κ1) is 19.1. The van der Waals surface area contributed by atoms with Crippen LogP contribution in [0.25, 0.3) is 22.2 Å². The lowest BCUT2D eigenvalue weighted by Gasteiger charge is -2.11. The fourth-order valence-corrected chi connectivity index (χ4v) is 6.99. The van der Waals surface area contributed by atoms with Gasteiger partial charge in [0.25, 0.3) is 0 Å². The molecule has 1 N–H and O–H groups in total. The monoisotopic (exact) mass is 450 g/mol. The van der Waals surface area contributed by atoms with Gasteiger partial charge < -0.3 is 14.5 Å². The Balaban J connectivity index is 1.12. The summed E-state index contributed by atoms with van der Waals surface area (Å²) in [6.07, 6.45) is 0. The van der Waals surface area contributed by atoms with Gasteiger partial charge in [0.05, 0.1) is 5.69 Å². The topological polar surface area (TPSA) is 47.3 Å². The van der Waals surface area contributed by atoms with Gasteiger partial charge in [-0.3, -0.25) is 0 Å². The van der Waals surface area contributed by atoms with Gasteiger partial charge in [0, 0.05) is 0 Å². The van der Waals surface area contributed by atoms with Crippen molar-refractivity contribution >= 4 is 51.7 Å². The van der Waals surface area contributed by atoms with E-state index >= 15 is 0 Å². The molecule has 0 bridgehead atoms. The molecule has 6 heteroatoms. The largest absolute Gasteiger partial charge is 0.473 e. The standard InChI is InChI=1S/C26H22N2O2Si2/c1-3-7-23-21(5-1)27-25(29-23)31-19-13-9-17(10-14-19)18-11-15-20(16-12-18)32-26-28-22-6-2-4-8-24(22)30-26/h1-16,25,27H,31-32H2. The molecule has 1 aliphatic rings. The highest BCUT2D eigenvalue weighted by atomic mass is 28.2. The van der Waals surface area contributed by atoms with E-state index in [1.807, 2.05) is 42.5 Å². The van der Waals surface area contributed by atoms with Crippen molar-refractivity contribution in [1.82, 2.24) is 4.98 Å². The number of benzene rings is 4. The summed E-state index contributed by atoms with van der Waals surface area (Å²) in [5.74, 6) is 1.08. The second kappa shape index (κ2) is 8.14. The summed E-state index contributed by atoms with van der Waals surface area (Å²) < 4.78 is 12.0. The smallest absolute Gasteiger partial charge is 0.165 e. The number of nitrogens with zero attached hydrogens (tertiary/aromatic N) is 1. The lowest BCUT2D eigenvalue weighted by Crippen LogP contribution is -2.35. The van der Waals surface area contributed by atoms with Crippen LogP contribution in [-0.4, -0.2) is 29.9 Å². The molecule has 0 fully saturated rings. The zero-order valence-corrected chi connectivity index (χ0v) is 20.3. The molecule has 4 nitrogen and oxygen atoms in total. The Hall–Kier alpha value is -3.62. The van der Waals surface area contributed by atoms with Gasteiger partial charge in [-0.15, -0.1) is 0 Å². The van der Waals surface area contributed by atoms with Crippen LogP contribution in [0.15, 0.2) is 101 Å². The molecule has 1 aromatic heterocycles. The number of oxazole rings is 1. The third-order valence-corrected chi connectivity index (χ3v) is 9.00. The lowest BCUT2D eigenvalue weighted by atomic mass is 10.1. The van der Waals surface area contributed by atoms with Crippen molar-refractivity contribution in [2.24, 2.45) is 0 Å². The summed E-state index contributed by atoms with van der Waals surface area (Å²) in [4.78, 5) is 4.64. The van der Waals surface area contributed by atoms with Gasteiger partial charge in [-0.05, 0) is 35.4 Å². The number of fused-ring (bicyclic) bond motifs is 2. The van der Waals surface area contributed by atoms with Crippen molar-refractivity contribution in [2.75, 3.05) is 5.32 Å². The van der Waals surface area contributed by atoms with Crippen molar-refractivity contribution in [1.29, 1.82) is 0 Å². The summed E-state index contributed by atoms with van der Waals surface area (Å²) in [6.45, 7) is 0. The Bertz CT molecular complexity index is 1320. The molecule has 1 unspecified atom stereocenters. The highest BCUT2D eigenvalue weighted by Gasteiger charge is 2.21. The van der Waals surface area contributed by atoms with E-state index in [0.717, 1.165) is 28.1 Å². The van der Waals surface area contributed by atoms with E-state index in [1.54, 1.807) is 0 Å². The van der Waals surface area contributed by atoms with Gasteiger partial charge in [-0.25, -0.2) is 4.98 Å². The molecule has 0 radical (unpaired) electrons. The van der Waals surface area contributed by atoms with Crippen LogP contribution in [0.3, 0.4) is 0 Å². The van der Waals surface area contributed by atoms with E-state index in [4.69, 9.17) is 9.15 Å². The van der Waals surface area contributed by atoms with Crippen molar-refractivity contribution < 1.29 is 9.15 Å². The minimum absolute atomic E-state index is 0.120. The molecular weight excluding hydrogens is 428 g/mol. The maximum Gasteiger partial charge on any atom is 0.165 e. The fourth-order valence-electron chi connectivity index (χ4n) is 4.17. The van der Waals surface area contributed by atoms with E-state index in [9.17, 15) is 0 Å². The normalized spacial score (nSPS) is 15.4. The molecular formula is C26H22N2O2Si2. The van der Waals surface area contributed by atoms with Crippen LogP contribution in [0.1, 0.15) is 0 Å². The predicted molar refractivity (Wildman–Crippen MR) is 136 cm³/mol. The lowest BCUT2D eigenvalue weighted by molar-refractivity contribution is 0.331.